The van der Waals surface area contributed by atoms with E-state index in [4.69, 9.17) is 40.4 Å². The average Bonchev–Trinajstić information content (AvgIpc) is 2.82. The summed E-state index contributed by atoms with van der Waals surface area (Å²) >= 11 is 0.389. The second-order valence-corrected chi connectivity index (χ2v) is 11.6. The van der Waals surface area contributed by atoms with Crippen molar-refractivity contribution in [3.05, 3.63) is 0 Å². The number of rotatable bonds is 0. The Labute approximate surface area is 221 Å². The summed E-state index contributed by atoms with van der Waals surface area (Å²) in [5.41, 5.74) is 0. The summed E-state index contributed by atoms with van der Waals surface area (Å²) in [5, 5.41) is 0. The van der Waals surface area contributed by atoms with Gasteiger partial charge in [-0.25, -0.2) is 0 Å². The first-order valence-corrected chi connectivity index (χ1v) is 16.1. The van der Waals surface area contributed by atoms with Crippen molar-refractivity contribution < 1.29 is 31.7 Å². The van der Waals surface area contributed by atoms with Gasteiger partial charge in [0.2, 0.25) is 0 Å². The molecule has 0 aromatic rings. The third-order valence-electron chi connectivity index (χ3n) is 5.18. The number of hydrogen-bond acceptors (Lipinski definition) is 6. The van der Waals surface area contributed by atoms with E-state index >= 15 is 0 Å². The molecule has 0 amide bonds. The van der Waals surface area contributed by atoms with E-state index in [-0.39, 0.29) is 31.7 Å². The molecule has 0 spiro atoms. The summed E-state index contributed by atoms with van der Waals surface area (Å²) < 4.78 is 0. The normalized spacial score (nSPS) is 21.7. The van der Waals surface area contributed by atoms with Gasteiger partial charge in [0.15, 0.2) is 0 Å². The van der Waals surface area contributed by atoms with E-state index in [0.717, 1.165) is 0 Å². The molecule has 2 rings (SSSR count). The Hall–Kier alpha value is 1.92. The molecule has 13 heteroatoms. The van der Waals surface area contributed by atoms with Gasteiger partial charge < -0.3 is 34.9 Å². The average molecular weight is 614 g/mol. The van der Waals surface area contributed by atoms with Crippen molar-refractivity contribution in [2.45, 2.75) is 0 Å². The van der Waals surface area contributed by atoms with Gasteiger partial charge in [0.05, 0.1) is 0 Å². The van der Waals surface area contributed by atoms with Crippen LogP contribution in [0.1, 0.15) is 0 Å². The van der Waals surface area contributed by atoms with Crippen LogP contribution in [0.5, 0.6) is 0 Å². The molecule has 0 aromatic heterocycles. The Balaban J connectivity index is -0.000000394. The molecule has 0 aliphatic carbocycles. The Morgan fingerprint density at radius 1 is 0.355 bits per heavy atom. The van der Waals surface area contributed by atoms with Gasteiger partial charge in [-0.05, 0) is 42.3 Å². The summed E-state index contributed by atoms with van der Waals surface area (Å²) in [4.78, 5) is 14.4. The summed E-state index contributed by atoms with van der Waals surface area (Å²) in [5.74, 6) is 0. The summed E-state index contributed by atoms with van der Waals surface area (Å²) in [6, 6.07) is 0. The van der Waals surface area contributed by atoms with Crippen molar-refractivity contribution in [2.75, 3.05) is 121 Å². The van der Waals surface area contributed by atoms with Crippen molar-refractivity contribution in [3.63, 3.8) is 0 Å². The van der Waals surface area contributed by atoms with E-state index in [1.54, 1.807) is 0 Å². The SMILES string of the molecule is CN1CCN(C)CCN(C)CC1.CN1CCN(C)CCN(C)CC1.O.[Cl][Fe][Cl].[Cl][Fe][Cl]. The van der Waals surface area contributed by atoms with Crippen LogP contribution in [0, 0.1) is 0 Å². The second-order valence-electron chi connectivity index (χ2n) is 7.92. The van der Waals surface area contributed by atoms with Crippen LogP contribution >= 0.6 is 40.4 Å². The molecular formula is C18H44Cl4Fe2N6O. The molecule has 31 heavy (non-hydrogen) atoms. The summed E-state index contributed by atoms with van der Waals surface area (Å²) in [6.07, 6.45) is 0. The topological polar surface area (TPSA) is 50.9 Å². The van der Waals surface area contributed by atoms with Gasteiger partial charge in [0.1, 0.15) is 0 Å². The van der Waals surface area contributed by atoms with Gasteiger partial charge in [0.25, 0.3) is 0 Å². The maximum absolute atomic E-state index is 4.76. The van der Waals surface area contributed by atoms with Crippen molar-refractivity contribution in [1.29, 1.82) is 0 Å². The van der Waals surface area contributed by atoms with Gasteiger partial charge >= 0.3 is 66.7 Å². The molecule has 0 atom stereocenters. The van der Waals surface area contributed by atoms with E-state index in [9.17, 15) is 0 Å². The quantitative estimate of drug-likeness (QED) is 0.387. The van der Waals surface area contributed by atoms with E-state index in [1.165, 1.54) is 78.5 Å². The molecule has 0 radical (unpaired) electrons. The van der Waals surface area contributed by atoms with Crippen molar-refractivity contribution in [1.82, 2.24) is 29.4 Å². The fourth-order valence-electron chi connectivity index (χ4n) is 2.72. The molecule has 0 unspecified atom stereocenters. The van der Waals surface area contributed by atoms with Crippen LogP contribution in [-0.2, 0) is 26.3 Å². The number of halogens is 4. The molecule has 0 saturated carbocycles. The molecule has 2 aliphatic rings. The number of nitrogens with zero attached hydrogens (tertiary/aromatic N) is 6. The number of likely N-dealkylation sites (N-methyl/N-ethyl adjacent to an activating group) is 6. The molecule has 7 nitrogen and oxygen atoms in total. The second kappa shape index (κ2) is 26.5. The van der Waals surface area contributed by atoms with Crippen LogP contribution in [0.15, 0.2) is 0 Å². The fraction of sp³-hybridized carbons (Fsp3) is 1.00. The third-order valence-corrected chi connectivity index (χ3v) is 5.18. The zero-order chi connectivity index (χ0) is 23.4. The van der Waals surface area contributed by atoms with Gasteiger partial charge in [-0.2, -0.15) is 0 Å². The summed E-state index contributed by atoms with van der Waals surface area (Å²) in [6.45, 7) is 14.4. The van der Waals surface area contributed by atoms with E-state index < -0.39 is 0 Å². The van der Waals surface area contributed by atoms with Crippen LogP contribution in [0.4, 0.5) is 0 Å². The Bertz CT molecular complexity index is 269. The van der Waals surface area contributed by atoms with Gasteiger partial charge in [0, 0.05) is 78.5 Å². The first-order valence-electron chi connectivity index (χ1n) is 10.0. The minimum absolute atomic E-state index is 0. The molecule has 2 fully saturated rings. The van der Waals surface area contributed by atoms with E-state index in [0.29, 0.717) is 0 Å². The molecule has 2 N–H and O–H groups in total. The molecule has 0 aromatic carbocycles. The number of hydrogen-bond donors (Lipinski definition) is 0. The molecule has 0 bridgehead atoms. The van der Waals surface area contributed by atoms with Gasteiger partial charge in [-0.15, -0.1) is 0 Å². The van der Waals surface area contributed by atoms with Gasteiger partial charge in [-0.1, -0.05) is 0 Å². The van der Waals surface area contributed by atoms with Crippen molar-refractivity contribution in [3.8, 4) is 0 Å². The van der Waals surface area contributed by atoms with E-state index in [2.05, 4.69) is 71.7 Å². The van der Waals surface area contributed by atoms with Crippen molar-refractivity contribution >= 4 is 40.4 Å². The zero-order valence-electron chi connectivity index (χ0n) is 19.9. The first-order chi connectivity index (χ1) is 14.2. The predicted molar refractivity (Wildman–Crippen MR) is 132 cm³/mol. The monoisotopic (exact) mass is 612 g/mol. The molecular weight excluding hydrogens is 570 g/mol. The summed E-state index contributed by atoms with van der Waals surface area (Å²) in [7, 11) is 32.3. The van der Waals surface area contributed by atoms with Crippen LogP contribution in [-0.4, -0.2) is 156 Å². The van der Waals surface area contributed by atoms with E-state index in [1.807, 2.05) is 0 Å². The maximum atomic E-state index is 4.76. The Kier molecular flexibility index (Phi) is 32.1. The predicted octanol–water partition coefficient (Wildman–Crippen LogP) is 1.52. The van der Waals surface area contributed by atoms with Gasteiger partial charge in [-0.3, -0.25) is 0 Å². The molecule has 2 heterocycles. The van der Waals surface area contributed by atoms with Crippen molar-refractivity contribution in [2.24, 2.45) is 0 Å². The first kappa shape index (κ1) is 37.5. The molecule has 2 saturated heterocycles. The molecule has 2 aliphatic heterocycles. The molecule has 196 valence electrons. The third kappa shape index (κ3) is 28.0. The van der Waals surface area contributed by atoms with Crippen LogP contribution in [0.3, 0.4) is 0 Å². The zero-order valence-corrected chi connectivity index (χ0v) is 25.1. The Morgan fingerprint density at radius 2 is 0.419 bits per heavy atom. The fourth-order valence-corrected chi connectivity index (χ4v) is 2.72. The Morgan fingerprint density at radius 3 is 0.484 bits per heavy atom. The van der Waals surface area contributed by atoms with Crippen LogP contribution in [0.25, 0.3) is 0 Å². The van der Waals surface area contributed by atoms with Crippen LogP contribution < -0.4 is 0 Å². The minimum atomic E-state index is 0. The standard InChI is InChI=1S/2C9H21N3.4ClH.2Fe.H2O/c2*1-10-4-6-11(2)8-9-12(3)7-5-10;;;;;;;/h2*4-9H2,1-3H3;4*1H;;;1H2/q;;;;;;2*+2;/p-4. The van der Waals surface area contributed by atoms with Crippen LogP contribution in [0.2, 0.25) is 0 Å².